The third kappa shape index (κ3) is 7.46. The van der Waals surface area contributed by atoms with E-state index in [4.69, 9.17) is 4.74 Å². The van der Waals surface area contributed by atoms with Gasteiger partial charge in [0.15, 0.2) is 0 Å². The van der Waals surface area contributed by atoms with Crippen LogP contribution < -0.4 is 0 Å². The Bertz CT molecular complexity index is 313. The number of hydrogen-bond donors (Lipinski definition) is 0. The van der Waals surface area contributed by atoms with Gasteiger partial charge in [-0.2, -0.15) is 0 Å². The van der Waals surface area contributed by atoms with Crippen molar-refractivity contribution in [3.05, 3.63) is 0 Å². The lowest BCUT2D eigenvalue weighted by Gasteiger charge is -2.26. The second kappa shape index (κ2) is 10.6. The van der Waals surface area contributed by atoms with Crippen molar-refractivity contribution in [2.45, 2.75) is 51.4 Å². The molecule has 0 bridgehead atoms. The van der Waals surface area contributed by atoms with Crippen molar-refractivity contribution in [1.29, 1.82) is 0 Å². The predicted octanol–water partition coefficient (Wildman–Crippen LogP) is 2.38. The smallest absolute Gasteiger partial charge is 0.307 e. The minimum Gasteiger partial charge on any atom is -0.469 e. The topological polar surface area (TPSA) is 55.8 Å². The van der Waals surface area contributed by atoms with Gasteiger partial charge in [0.2, 0.25) is 5.91 Å². The lowest BCUT2D eigenvalue weighted by Crippen LogP contribution is -2.35. The Morgan fingerprint density at radius 3 is 2.43 bits per heavy atom. The molecule has 1 aliphatic rings. The molecule has 0 atom stereocenters. The zero-order valence-corrected chi connectivity index (χ0v) is 13.4. The number of rotatable bonds is 9. The molecule has 1 aliphatic carbocycles. The van der Waals surface area contributed by atoms with Gasteiger partial charge >= 0.3 is 5.97 Å². The third-order valence-corrected chi connectivity index (χ3v) is 4.13. The summed E-state index contributed by atoms with van der Waals surface area (Å²) in [5.41, 5.74) is 0. The van der Waals surface area contributed by atoms with Gasteiger partial charge in [-0.3, -0.25) is 9.59 Å². The van der Waals surface area contributed by atoms with E-state index in [9.17, 15) is 9.59 Å². The van der Waals surface area contributed by atoms with Gasteiger partial charge in [0.25, 0.3) is 0 Å². The zero-order chi connectivity index (χ0) is 15.5. The van der Waals surface area contributed by atoms with Gasteiger partial charge in [0.05, 0.1) is 13.5 Å². The van der Waals surface area contributed by atoms with Crippen LogP contribution in [0.15, 0.2) is 0 Å². The first-order chi connectivity index (χ1) is 10.2. The van der Waals surface area contributed by atoms with Crippen molar-refractivity contribution in [1.82, 2.24) is 4.90 Å². The highest BCUT2D eigenvalue weighted by Crippen LogP contribution is 2.26. The maximum Gasteiger partial charge on any atom is 0.307 e. The monoisotopic (exact) mass is 299 g/mol. The molecule has 1 fully saturated rings. The van der Waals surface area contributed by atoms with Crippen LogP contribution in [0.3, 0.4) is 0 Å². The molecule has 1 rings (SSSR count). The summed E-state index contributed by atoms with van der Waals surface area (Å²) >= 11 is 0. The first-order valence-corrected chi connectivity index (χ1v) is 8.01. The van der Waals surface area contributed by atoms with Gasteiger partial charge in [0.1, 0.15) is 0 Å². The lowest BCUT2D eigenvalue weighted by molar-refractivity contribution is -0.142. The average molecular weight is 299 g/mol. The number of amides is 1. The van der Waals surface area contributed by atoms with Crippen LogP contribution in [-0.2, 0) is 19.1 Å². The predicted molar refractivity (Wildman–Crippen MR) is 80.9 cm³/mol. The fourth-order valence-electron chi connectivity index (χ4n) is 2.86. The lowest BCUT2D eigenvalue weighted by atomic mass is 9.86. The highest BCUT2D eigenvalue weighted by atomic mass is 16.5. The maximum absolute atomic E-state index is 12.4. The largest absolute Gasteiger partial charge is 0.469 e. The summed E-state index contributed by atoms with van der Waals surface area (Å²) in [6, 6.07) is 0. The summed E-state index contributed by atoms with van der Waals surface area (Å²) in [4.78, 5) is 25.5. The maximum atomic E-state index is 12.4. The quantitative estimate of drug-likeness (QED) is 0.484. The van der Waals surface area contributed by atoms with Crippen molar-refractivity contribution < 1.29 is 19.1 Å². The van der Waals surface area contributed by atoms with E-state index in [0.717, 1.165) is 19.3 Å². The van der Waals surface area contributed by atoms with Crippen LogP contribution in [0.2, 0.25) is 0 Å². The van der Waals surface area contributed by atoms with Gasteiger partial charge in [-0.25, -0.2) is 0 Å². The van der Waals surface area contributed by atoms with E-state index in [-0.39, 0.29) is 18.3 Å². The summed E-state index contributed by atoms with van der Waals surface area (Å²) in [5.74, 6) is 0.424. The molecule has 0 heterocycles. The van der Waals surface area contributed by atoms with Crippen molar-refractivity contribution in [3.8, 4) is 0 Å². The molecule has 1 saturated carbocycles. The number of carbonyl (C=O) groups excluding carboxylic acids is 2. The zero-order valence-electron chi connectivity index (χ0n) is 13.4. The van der Waals surface area contributed by atoms with Gasteiger partial charge in [-0.1, -0.05) is 19.3 Å². The molecule has 0 aromatic carbocycles. The van der Waals surface area contributed by atoms with Crippen LogP contribution >= 0.6 is 0 Å². The highest BCUT2D eigenvalue weighted by molar-refractivity contribution is 5.77. The molecule has 0 N–H and O–H groups in total. The molecule has 1 amide bonds. The molecule has 0 radical (unpaired) electrons. The molecular formula is C16H29NO4. The SMILES string of the molecule is COCCCN(CCC(=O)OC)C(=O)CC1CCCCC1. The number of methoxy groups -OCH3 is 2. The fourth-order valence-corrected chi connectivity index (χ4v) is 2.86. The van der Waals surface area contributed by atoms with E-state index in [1.807, 2.05) is 0 Å². The molecule has 0 aromatic heterocycles. The van der Waals surface area contributed by atoms with Gasteiger partial charge in [0, 0.05) is 33.2 Å². The molecule has 21 heavy (non-hydrogen) atoms. The molecular weight excluding hydrogens is 270 g/mol. The molecule has 0 unspecified atom stereocenters. The molecule has 122 valence electrons. The summed E-state index contributed by atoms with van der Waals surface area (Å²) in [6.07, 6.45) is 7.78. The Balaban J connectivity index is 2.43. The normalized spacial score (nSPS) is 15.7. The number of hydrogen-bond acceptors (Lipinski definition) is 4. The Kier molecular flexibility index (Phi) is 9.06. The van der Waals surface area contributed by atoms with Crippen LogP contribution in [0.25, 0.3) is 0 Å². The standard InChI is InChI=1S/C16H29NO4/c1-20-12-6-10-17(11-9-16(19)21-2)15(18)13-14-7-4-3-5-8-14/h14H,3-13H2,1-2H3. The molecule has 0 aliphatic heterocycles. The van der Waals surface area contributed by atoms with Gasteiger partial charge in [-0.05, 0) is 25.2 Å². The van der Waals surface area contributed by atoms with Crippen molar-refractivity contribution in [3.63, 3.8) is 0 Å². The van der Waals surface area contributed by atoms with E-state index in [2.05, 4.69) is 4.74 Å². The minimum absolute atomic E-state index is 0.168. The van der Waals surface area contributed by atoms with Crippen LogP contribution in [0.1, 0.15) is 51.4 Å². The summed E-state index contributed by atoms with van der Waals surface area (Å²) in [6.45, 7) is 1.73. The summed E-state index contributed by atoms with van der Waals surface area (Å²) in [7, 11) is 3.03. The van der Waals surface area contributed by atoms with E-state index in [0.29, 0.717) is 32.0 Å². The number of esters is 1. The number of ether oxygens (including phenoxy) is 2. The Labute approximate surface area is 128 Å². The Hall–Kier alpha value is -1.10. The van der Waals surface area contributed by atoms with Crippen LogP contribution in [0, 0.1) is 5.92 Å². The Morgan fingerprint density at radius 1 is 1.10 bits per heavy atom. The molecule has 5 nitrogen and oxygen atoms in total. The third-order valence-electron chi connectivity index (χ3n) is 4.13. The van der Waals surface area contributed by atoms with Gasteiger partial charge in [-0.15, -0.1) is 0 Å². The fraction of sp³-hybridized carbons (Fsp3) is 0.875. The molecule has 0 spiro atoms. The highest BCUT2D eigenvalue weighted by Gasteiger charge is 2.21. The van der Waals surface area contributed by atoms with E-state index in [1.165, 1.54) is 26.4 Å². The summed E-state index contributed by atoms with van der Waals surface area (Å²) in [5, 5.41) is 0. The first kappa shape index (κ1) is 18.0. The second-order valence-electron chi connectivity index (χ2n) is 5.76. The van der Waals surface area contributed by atoms with Crippen molar-refractivity contribution in [2.75, 3.05) is 33.9 Å². The van der Waals surface area contributed by atoms with E-state index < -0.39 is 0 Å². The minimum atomic E-state index is -0.266. The van der Waals surface area contributed by atoms with Crippen LogP contribution in [0.5, 0.6) is 0 Å². The Morgan fingerprint density at radius 2 is 1.81 bits per heavy atom. The molecule has 0 saturated heterocycles. The first-order valence-electron chi connectivity index (χ1n) is 8.01. The summed E-state index contributed by atoms with van der Waals surface area (Å²) < 4.78 is 9.69. The van der Waals surface area contributed by atoms with E-state index in [1.54, 1.807) is 12.0 Å². The van der Waals surface area contributed by atoms with Crippen LogP contribution in [-0.4, -0.2) is 50.7 Å². The van der Waals surface area contributed by atoms with Gasteiger partial charge < -0.3 is 14.4 Å². The number of nitrogens with zero attached hydrogens (tertiary/aromatic N) is 1. The molecule has 5 heteroatoms. The second-order valence-corrected chi connectivity index (χ2v) is 5.76. The number of carbonyl (C=O) groups is 2. The van der Waals surface area contributed by atoms with Crippen molar-refractivity contribution in [2.24, 2.45) is 5.92 Å². The average Bonchev–Trinajstić information content (AvgIpc) is 2.51. The van der Waals surface area contributed by atoms with Crippen molar-refractivity contribution >= 4 is 11.9 Å². The van der Waals surface area contributed by atoms with Crippen LogP contribution in [0.4, 0.5) is 0 Å². The van der Waals surface area contributed by atoms with E-state index >= 15 is 0 Å². The molecule has 0 aromatic rings.